The molecule has 0 aliphatic carbocycles. The van der Waals surface area contributed by atoms with Crippen LogP contribution >= 0.6 is 11.6 Å². The largest absolute Gasteiger partial charge is 0.338 e. The fraction of sp³-hybridized carbons (Fsp3) is 0.500. The Hall–Kier alpha value is -1.22. The molecule has 2 amide bonds. The second-order valence-corrected chi connectivity index (χ2v) is 4.68. The van der Waals surface area contributed by atoms with E-state index in [-0.39, 0.29) is 6.03 Å². The van der Waals surface area contributed by atoms with E-state index in [1.54, 1.807) is 0 Å². The van der Waals surface area contributed by atoms with Crippen molar-refractivity contribution in [2.24, 2.45) is 0 Å². The van der Waals surface area contributed by atoms with Crippen LogP contribution in [0.1, 0.15) is 31.2 Å². The van der Waals surface area contributed by atoms with Crippen molar-refractivity contribution in [3.63, 3.8) is 0 Å². The molecule has 0 radical (unpaired) electrons. The minimum Gasteiger partial charge on any atom is -0.338 e. The molecule has 4 heteroatoms. The molecule has 0 fully saturated rings. The molecule has 18 heavy (non-hydrogen) atoms. The predicted molar refractivity (Wildman–Crippen MR) is 77.4 cm³/mol. The number of alkyl halides is 1. The number of carbonyl (C=O) groups is 1. The highest BCUT2D eigenvalue weighted by molar-refractivity contribution is 6.17. The Morgan fingerprint density at radius 1 is 1.17 bits per heavy atom. The number of para-hydroxylation sites is 1. The number of urea groups is 1. The number of aryl methyl sites for hydroxylation is 1. The zero-order valence-electron chi connectivity index (χ0n) is 10.8. The molecule has 0 bridgehead atoms. The van der Waals surface area contributed by atoms with E-state index >= 15 is 0 Å². The Labute approximate surface area is 114 Å². The number of carbonyl (C=O) groups excluding carboxylic acids is 1. The summed E-state index contributed by atoms with van der Waals surface area (Å²) >= 11 is 5.59. The first kappa shape index (κ1) is 14.8. The molecule has 0 aliphatic heterocycles. The van der Waals surface area contributed by atoms with Crippen molar-refractivity contribution in [3.05, 3.63) is 29.8 Å². The van der Waals surface area contributed by atoms with E-state index in [1.165, 1.54) is 0 Å². The second-order valence-electron chi connectivity index (χ2n) is 4.30. The molecular weight excluding hydrogens is 248 g/mol. The maximum absolute atomic E-state index is 11.6. The van der Waals surface area contributed by atoms with Gasteiger partial charge in [-0.05, 0) is 31.4 Å². The Kier molecular flexibility index (Phi) is 7.26. The van der Waals surface area contributed by atoms with Gasteiger partial charge in [0.2, 0.25) is 0 Å². The van der Waals surface area contributed by atoms with Gasteiger partial charge in [0.1, 0.15) is 0 Å². The molecule has 0 atom stereocenters. The smallest absolute Gasteiger partial charge is 0.319 e. The lowest BCUT2D eigenvalue weighted by molar-refractivity contribution is 0.252. The highest BCUT2D eigenvalue weighted by Crippen LogP contribution is 2.12. The lowest BCUT2D eigenvalue weighted by Gasteiger charge is -2.09. The molecule has 0 saturated heterocycles. The normalized spacial score (nSPS) is 10.1. The fourth-order valence-electron chi connectivity index (χ4n) is 1.65. The zero-order chi connectivity index (χ0) is 13.2. The molecule has 0 aliphatic rings. The summed E-state index contributed by atoms with van der Waals surface area (Å²) < 4.78 is 0. The van der Waals surface area contributed by atoms with E-state index in [4.69, 9.17) is 11.6 Å². The summed E-state index contributed by atoms with van der Waals surface area (Å²) in [5, 5.41) is 5.69. The van der Waals surface area contributed by atoms with Crippen molar-refractivity contribution >= 4 is 23.3 Å². The van der Waals surface area contributed by atoms with Crippen LogP contribution in [0, 0.1) is 6.92 Å². The van der Waals surface area contributed by atoms with E-state index in [9.17, 15) is 4.79 Å². The van der Waals surface area contributed by atoms with Crippen LogP contribution < -0.4 is 10.6 Å². The summed E-state index contributed by atoms with van der Waals surface area (Å²) in [5.74, 6) is 0.723. The molecule has 1 rings (SSSR count). The average molecular weight is 269 g/mol. The molecule has 0 saturated carbocycles. The third-order valence-corrected chi connectivity index (χ3v) is 3.01. The van der Waals surface area contributed by atoms with Crippen LogP contribution in [-0.4, -0.2) is 18.5 Å². The summed E-state index contributed by atoms with van der Waals surface area (Å²) in [6.45, 7) is 2.68. The van der Waals surface area contributed by atoms with Crippen LogP contribution in [0.15, 0.2) is 24.3 Å². The van der Waals surface area contributed by atoms with Gasteiger partial charge in [-0.15, -0.1) is 11.6 Å². The minimum absolute atomic E-state index is 0.137. The summed E-state index contributed by atoms with van der Waals surface area (Å²) in [6, 6.07) is 7.60. The molecule has 100 valence electrons. The van der Waals surface area contributed by atoms with Gasteiger partial charge in [0.15, 0.2) is 0 Å². The summed E-state index contributed by atoms with van der Waals surface area (Å²) in [5.41, 5.74) is 1.92. The molecule has 3 nitrogen and oxygen atoms in total. The first-order chi connectivity index (χ1) is 8.74. The van der Waals surface area contributed by atoms with Crippen molar-refractivity contribution in [2.75, 3.05) is 17.7 Å². The van der Waals surface area contributed by atoms with Crippen LogP contribution in [0.4, 0.5) is 10.5 Å². The lowest BCUT2D eigenvalue weighted by Crippen LogP contribution is -2.29. The number of hydrogen-bond donors (Lipinski definition) is 2. The zero-order valence-corrected chi connectivity index (χ0v) is 11.6. The van der Waals surface area contributed by atoms with Crippen LogP contribution in [0.25, 0.3) is 0 Å². The third-order valence-electron chi connectivity index (χ3n) is 2.74. The van der Waals surface area contributed by atoms with Crippen molar-refractivity contribution in [1.29, 1.82) is 0 Å². The topological polar surface area (TPSA) is 41.1 Å². The Morgan fingerprint density at radius 2 is 1.89 bits per heavy atom. The van der Waals surface area contributed by atoms with Gasteiger partial charge in [-0.2, -0.15) is 0 Å². The van der Waals surface area contributed by atoms with E-state index in [0.717, 1.165) is 42.8 Å². The molecule has 2 N–H and O–H groups in total. The van der Waals surface area contributed by atoms with Gasteiger partial charge in [0.05, 0.1) is 0 Å². The van der Waals surface area contributed by atoms with Gasteiger partial charge >= 0.3 is 6.03 Å². The first-order valence-electron chi connectivity index (χ1n) is 6.40. The lowest BCUT2D eigenvalue weighted by atomic mass is 10.2. The molecular formula is C14H21ClN2O. The number of amides is 2. The SMILES string of the molecule is Cc1ccccc1NC(=O)NCCCCCCCl. The van der Waals surface area contributed by atoms with Gasteiger partial charge in [-0.1, -0.05) is 31.0 Å². The molecule has 1 aromatic rings. The van der Waals surface area contributed by atoms with Gasteiger partial charge in [0, 0.05) is 18.1 Å². The van der Waals surface area contributed by atoms with E-state index in [0.29, 0.717) is 6.54 Å². The standard InChI is InChI=1S/C14H21ClN2O/c1-12-8-4-5-9-13(12)17-14(18)16-11-7-3-2-6-10-15/h4-5,8-9H,2-3,6-7,10-11H2,1H3,(H2,16,17,18). The molecule has 0 aromatic heterocycles. The summed E-state index contributed by atoms with van der Waals surface area (Å²) in [6.07, 6.45) is 4.29. The highest BCUT2D eigenvalue weighted by atomic mass is 35.5. The van der Waals surface area contributed by atoms with Crippen LogP contribution in [0.2, 0.25) is 0 Å². The number of halogens is 1. The maximum Gasteiger partial charge on any atom is 0.319 e. The van der Waals surface area contributed by atoms with Crippen molar-refractivity contribution in [1.82, 2.24) is 5.32 Å². The van der Waals surface area contributed by atoms with Gasteiger partial charge < -0.3 is 10.6 Å². The summed E-state index contributed by atoms with van der Waals surface area (Å²) in [4.78, 5) is 11.6. The molecule has 0 unspecified atom stereocenters. The molecule has 1 aromatic carbocycles. The summed E-state index contributed by atoms with van der Waals surface area (Å²) in [7, 11) is 0. The number of anilines is 1. The minimum atomic E-state index is -0.137. The van der Waals surface area contributed by atoms with Crippen molar-refractivity contribution in [3.8, 4) is 0 Å². The van der Waals surface area contributed by atoms with Gasteiger partial charge in [0.25, 0.3) is 0 Å². The van der Waals surface area contributed by atoms with Crippen molar-refractivity contribution in [2.45, 2.75) is 32.6 Å². The van der Waals surface area contributed by atoms with E-state index < -0.39 is 0 Å². The highest BCUT2D eigenvalue weighted by Gasteiger charge is 2.02. The van der Waals surface area contributed by atoms with Crippen LogP contribution in [0.3, 0.4) is 0 Å². The fourth-order valence-corrected chi connectivity index (χ4v) is 1.84. The van der Waals surface area contributed by atoms with E-state index in [2.05, 4.69) is 10.6 Å². The number of hydrogen-bond acceptors (Lipinski definition) is 1. The quantitative estimate of drug-likeness (QED) is 0.571. The van der Waals surface area contributed by atoms with Gasteiger partial charge in [-0.3, -0.25) is 0 Å². The molecule has 0 heterocycles. The average Bonchev–Trinajstić information content (AvgIpc) is 2.36. The Bertz CT molecular complexity index is 369. The number of nitrogens with one attached hydrogen (secondary N) is 2. The second kappa shape index (κ2) is 8.81. The Balaban J connectivity index is 2.16. The number of unbranched alkanes of at least 4 members (excludes halogenated alkanes) is 3. The van der Waals surface area contributed by atoms with Crippen molar-refractivity contribution < 1.29 is 4.79 Å². The maximum atomic E-state index is 11.6. The number of benzene rings is 1. The van der Waals surface area contributed by atoms with E-state index in [1.807, 2.05) is 31.2 Å². The monoisotopic (exact) mass is 268 g/mol. The first-order valence-corrected chi connectivity index (χ1v) is 6.94. The third kappa shape index (κ3) is 5.92. The van der Waals surface area contributed by atoms with Gasteiger partial charge in [-0.25, -0.2) is 4.79 Å². The Morgan fingerprint density at radius 3 is 2.61 bits per heavy atom. The van der Waals surface area contributed by atoms with Crippen LogP contribution in [0.5, 0.6) is 0 Å². The molecule has 0 spiro atoms. The number of rotatable bonds is 7. The van der Waals surface area contributed by atoms with Crippen LogP contribution in [-0.2, 0) is 0 Å². The predicted octanol–water partition coefficient (Wildman–Crippen LogP) is 3.92.